The van der Waals surface area contributed by atoms with Crippen molar-refractivity contribution in [3.63, 3.8) is 0 Å². The molecule has 2 aromatic heterocycles. The molecule has 0 saturated carbocycles. The largest absolute Gasteiger partial charge is 0.339 e. The highest BCUT2D eigenvalue weighted by molar-refractivity contribution is 6.31. The zero-order valence-electron chi connectivity index (χ0n) is 16.1. The van der Waals surface area contributed by atoms with Crippen LogP contribution in [0.15, 0.2) is 53.3 Å². The van der Waals surface area contributed by atoms with Crippen molar-refractivity contribution in [3.05, 3.63) is 69.6 Å². The van der Waals surface area contributed by atoms with Crippen LogP contribution in [-0.4, -0.2) is 38.9 Å². The van der Waals surface area contributed by atoms with E-state index in [1.54, 1.807) is 35.9 Å². The van der Waals surface area contributed by atoms with Crippen LogP contribution in [0.5, 0.6) is 0 Å². The van der Waals surface area contributed by atoms with Gasteiger partial charge in [0.15, 0.2) is 0 Å². The molecular formula is C21H20ClN5O2. The van der Waals surface area contributed by atoms with E-state index in [0.717, 1.165) is 10.9 Å². The summed E-state index contributed by atoms with van der Waals surface area (Å²) >= 11 is 6.18. The minimum Gasteiger partial charge on any atom is -0.339 e. The molecule has 1 amide bonds. The van der Waals surface area contributed by atoms with E-state index in [4.69, 9.17) is 17.3 Å². The molecule has 0 aliphatic heterocycles. The predicted molar refractivity (Wildman–Crippen MR) is 114 cm³/mol. The minimum absolute atomic E-state index is 0.0268. The average Bonchev–Trinajstić information content (AvgIpc) is 3.02. The van der Waals surface area contributed by atoms with Gasteiger partial charge in [0.25, 0.3) is 5.56 Å². The first-order valence-corrected chi connectivity index (χ1v) is 9.49. The maximum absolute atomic E-state index is 13.4. The highest BCUT2D eigenvalue weighted by atomic mass is 35.5. The number of rotatable bonds is 4. The Morgan fingerprint density at radius 2 is 1.93 bits per heavy atom. The highest BCUT2D eigenvalue weighted by Crippen LogP contribution is 2.30. The summed E-state index contributed by atoms with van der Waals surface area (Å²) in [4.78, 5) is 27.4. The maximum Gasteiger partial charge on any atom is 0.296 e. The Kier molecular flexibility index (Phi) is 4.86. The van der Waals surface area contributed by atoms with Gasteiger partial charge in [-0.1, -0.05) is 35.9 Å². The number of hydrogen-bond acceptors (Lipinski definition) is 4. The van der Waals surface area contributed by atoms with Crippen LogP contribution in [0, 0.1) is 0 Å². The fourth-order valence-corrected chi connectivity index (χ4v) is 3.68. The smallest absolute Gasteiger partial charge is 0.296 e. The minimum atomic E-state index is -0.260. The van der Waals surface area contributed by atoms with Crippen LogP contribution in [0.3, 0.4) is 0 Å². The van der Waals surface area contributed by atoms with Gasteiger partial charge in [0.05, 0.1) is 30.0 Å². The summed E-state index contributed by atoms with van der Waals surface area (Å²) in [5, 5.41) is 6.64. The Balaban J connectivity index is 2.09. The van der Waals surface area contributed by atoms with Gasteiger partial charge in [-0.05, 0) is 24.3 Å². The van der Waals surface area contributed by atoms with Crippen molar-refractivity contribution in [3.8, 4) is 5.69 Å². The van der Waals surface area contributed by atoms with Crippen molar-refractivity contribution in [2.75, 3.05) is 13.7 Å². The molecule has 0 spiro atoms. The monoisotopic (exact) mass is 409 g/mol. The van der Waals surface area contributed by atoms with Crippen LogP contribution in [0.25, 0.3) is 27.5 Å². The number of aromatic nitrogens is 3. The molecule has 148 valence electrons. The third-order valence-corrected chi connectivity index (χ3v) is 5.32. The SMILES string of the molecule is CN(CN)C(=O)Cc1nn(-c2ccccc2)c(=O)c2c1c1ccc(Cl)cc1n2C. The normalized spacial score (nSPS) is 11.3. The zero-order valence-corrected chi connectivity index (χ0v) is 16.8. The molecule has 7 nitrogen and oxygen atoms in total. The Morgan fingerprint density at radius 3 is 2.62 bits per heavy atom. The molecule has 0 unspecified atom stereocenters. The molecule has 0 atom stereocenters. The molecule has 4 aromatic rings. The van der Waals surface area contributed by atoms with Gasteiger partial charge in [0.1, 0.15) is 5.52 Å². The number of para-hydroxylation sites is 1. The van der Waals surface area contributed by atoms with E-state index < -0.39 is 0 Å². The lowest BCUT2D eigenvalue weighted by molar-refractivity contribution is -0.129. The summed E-state index contributed by atoms with van der Waals surface area (Å²) in [5.41, 5.74) is 7.77. The van der Waals surface area contributed by atoms with E-state index in [1.165, 1.54) is 9.58 Å². The second-order valence-electron chi connectivity index (χ2n) is 6.89. The van der Waals surface area contributed by atoms with Crippen LogP contribution in [0.2, 0.25) is 5.02 Å². The van der Waals surface area contributed by atoms with E-state index >= 15 is 0 Å². The van der Waals surface area contributed by atoms with Crippen molar-refractivity contribution in [2.45, 2.75) is 6.42 Å². The first kappa shape index (κ1) is 19.2. The molecule has 8 heteroatoms. The maximum atomic E-state index is 13.4. The summed E-state index contributed by atoms with van der Waals surface area (Å²) < 4.78 is 3.15. The lowest BCUT2D eigenvalue weighted by Gasteiger charge is -2.15. The van der Waals surface area contributed by atoms with Crippen molar-refractivity contribution >= 4 is 39.3 Å². The topological polar surface area (TPSA) is 86.2 Å². The number of nitrogens with zero attached hydrogens (tertiary/aromatic N) is 4. The number of likely N-dealkylation sites (N-methyl/N-ethyl adjacent to an activating group) is 1. The Bertz CT molecular complexity index is 1290. The summed E-state index contributed by atoms with van der Waals surface area (Å²) in [6.07, 6.45) is 0.0268. The first-order chi connectivity index (χ1) is 13.9. The van der Waals surface area contributed by atoms with Crippen molar-refractivity contribution in [2.24, 2.45) is 12.8 Å². The predicted octanol–water partition coefficient (Wildman–Crippen LogP) is 2.45. The van der Waals surface area contributed by atoms with Gasteiger partial charge >= 0.3 is 0 Å². The molecule has 2 heterocycles. The highest BCUT2D eigenvalue weighted by Gasteiger charge is 2.22. The van der Waals surface area contributed by atoms with Crippen LogP contribution < -0.4 is 11.3 Å². The third kappa shape index (κ3) is 3.18. The van der Waals surface area contributed by atoms with Gasteiger partial charge < -0.3 is 15.2 Å². The molecule has 0 bridgehead atoms. The van der Waals surface area contributed by atoms with Gasteiger partial charge in [0, 0.05) is 29.9 Å². The molecule has 0 fully saturated rings. The van der Waals surface area contributed by atoms with Gasteiger partial charge in [0.2, 0.25) is 5.91 Å². The molecule has 4 rings (SSSR count). The summed E-state index contributed by atoms with van der Waals surface area (Å²) in [7, 11) is 3.45. The second-order valence-corrected chi connectivity index (χ2v) is 7.33. The lowest BCUT2D eigenvalue weighted by atomic mass is 10.1. The number of carbonyl (C=O) groups excluding carboxylic acids is 1. The van der Waals surface area contributed by atoms with Crippen LogP contribution >= 0.6 is 11.6 Å². The quantitative estimate of drug-likeness (QED) is 0.524. The van der Waals surface area contributed by atoms with Gasteiger partial charge in [-0.2, -0.15) is 9.78 Å². The van der Waals surface area contributed by atoms with Crippen LogP contribution in [0.4, 0.5) is 0 Å². The fraction of sp³-hybridized carbons (Fsp3) is 0.190. The number of carbonyl (C=O) groups is 1. The molecule has 2 N–H and O–H groups in total. The molecule has 0 aliphatic carbocycles. The number of hydrogen-bond donors (Lipinski definition) is 1. The Labute approximate surface area is 171 Å². The number of aryl methyl sites for hydroxylation is 1. The molecule has 2 aromatic carbocycles. The summed E-state index contributed by atoms with van der Waals surface area (Å²) in [6.45, 7) is 0.103. The van der Waals surface area contributed by atoms with Crippen molar-refractivity contribution < 1.29 is 4.79 Å². The fourth-order valence-electron chi connectivity index (χ4n) is 3.52. The molecule has 29 heavy (non-hydrogen) atoms. The van der Waals surface area contributed by atoms with E-state index in [2.05, 4.69) is 5.10 Å². The Morgan fingerprint density at radius 1 is 1.21 bits per heavy atom. The molecular weight excluding hydrogens is 390 g/mol. The van der Waals surface area contributed by atoms with Gasteiger partial charge in [-0.3, -0.25) is 9.59 Å². The van der Waals surface area contributed by atoms with E-state index in [1.807, 2.05) is 31.3 Å². The number of benzene rings is 2. The molecule has 0 radical (unpaired) electrons. The third-order valence-electron chi connectivity index (χ3n) is 5.09. The number of halogens is 1. The van der Waals surface area contributed by atoms with Crippen LogP contribution in [0.1, 0.15) is 5.69 Å². The van der Waals surface area contributed by atoms with Crippen molar-refractivity contribution in [1.82, 2.24) is 19.2 Å². The second kappa shape index (κ2) is 7.35. The van der Waals surface area contributed by atoms with E-state index in [-0.39, 0.29) is 24.6 Å². The van der Waals surface area contributed by atoms with E-state index in [9.17, 15) is 9.59 Å². The van der Waals surface area contributed by atoms with Crippen molar-refractivity contribution in [1.29, 1.82) is 0 Å². The number of nitrogens with two attached hydrogens (primary N) is 1. The standard InChI is InChI=1S/C21H20ClN5O2/c1-25(12-23)18(28)11-16-19-15-9-8-13(22)10-17(15)26(2)20(19)21(29)27(24-16)14-6-4-3-5-7-14/h3-10H,11-12,23H2,1-2H3. The lowest BCUT2D eigenvalue weighted by Crippen LogP contribution is -2.34. The average molecular weight is 410 g/mol. The number of amides is 1. The van der Waals surface area contributed by atoms with Crippen LogP contribution in [-0.2, 0) is 18.3 Å². The summed E-state index contributed by atoms with van der Waals surface area (Å²) in [6, 6.07) is 14.6. The van der Waals surface area contributed by atoms with E-state index in [0.29, 0.717) is 27.3 Å². The zero-order chi connectivity index (χ0) is 20.7. The summed E-state index contributed by atoms with van der Waals surface area (Å²) in [5.74, 6) is -0.175. The van der Waals surface area contributed by atoms with Gasteiger partial charge in [-0.25, -0.2) is 0 Å². The Hall–Kier alpha value is -3.16. The first-order valence-electron chi connectivity index (χ1n) is 9.11. The number of fused-ring (bicyclic) bond motifs is 3. The van der Waals surface area contributed by atoms with Gasteiger partial charge in [-0.15, -0.1) is 0 Å². The molecule has 0 saturated heterocycles. The molecule has 0 aliphatic rings.